The SMILES string of the molecule is c1ccc(C2Nc3ccccc3N=C2c2ccc3ccc(-n4c5ccc6cccc7oc8cccc9ccc4c(c98)c5c67)cc3c2)cc1. The highest BCUT2D eigenvalue weighted by Crippen LogP contribution is 2.45. The van der Waals surface area contributed by atoms with Crippen molar-refractivity contribution < 1.29 is 4.42 Å². The van der Waals surface area contributed by atoms with Crippen LogP contribution in [0.1, 0.15) is 17.2 Å². The number of nitrogens with one attached hydrogen (secondary N) is 1. The molecule has 0 spiro atoms. The molecule has 0 radical (unpaired) electrons. The topological polar surface area (TPSA) is 42.5 Å². The highest BCUT2D eigenvalue weighted by atomic mass is 16.3. The van der Waals surface area contributed by atoms with Gasteiger partial charge in [0.15, 0.2) is 0 Å². The van der Waals surface area contributed by atoms with Gasteiger partial charge in [0.1, 0.15) is 11.2 Å². The number of benzene rings is 8. The Morgan fingerprint density at radius 2 is 1.19 bits per heavy atom. The molecule has 224 valence electrons. The molecule has 0 aliphatic carbocycles. The Hall–Kier alpha value is -6.39. The van der Waals surface area contributed by atoms with Crippen LogP contribution in [0.5, 0.6) is 0 Å². The summed E-state index contributed by atoms with van der Waals surface area (Å²) in [5.74, 6) is 0. The lowest BCUT2D eigenvalue weighted by Crippen LogP contribution is -2.24. The molecule has 11 rings (SSSR count). The Bertz CT molecular complexity index is 2830. The van der Waals surface area contributed by atoms with Crippen molar-refractivity contribution in [3.8, 4) is 5.69 Å². The molecule has 1 aliphatic heterocycles. The summed E-state index contributed by atoms with van der Waals surface area (Å²) in [7, 11) is 0. The second-order valence-corrected chi connectivity index (χ2v) is 12.8. The molecule has 0 amide bonds. The minimum atomic E-state index is -0.0585. The number of anilines is 1. The van der Waals surface area contributed by atoms with Gasteiger partial charge < -0.3 is 14.3 Å². The first-order chi connectivity index (χ1) is 23.8. The molecular formula is C44H27N3O. The van der Waals surface area contributed by atoms with Gasteiger partial charge in [-0.1, -0.05) is 97.1 Å². The summed E-state index contributed by atoms with van der Waals surface area (Å²) in [5.41, 5.74) is 10.6. The summed E-state index contributed by atoms with van der Waals surface area (Å²) in [6.45, 7) is 0. The van der Waals surface area contributed by atoms with Crippen molar-refractivity contribution in [1.29, 1.82) is 0 Å². The summed E-state index contributed by atoms with van der Waals surface area (Å²) in [4.78, 5) is 5.24. The van der Waals surface area contributed by atoms with Crippen molar-refractivity contribution in [1.82, 2.24) is 4.57 Å². The third-order valence-corrected chi connectivity index (χ3v) is 10.2. The van der Waals surface area contributed by atoms with Gasteiger partial charge in [-0.05, 0) is 87.3 Å². The largest absolute Gasteiger partial charge is 0.456 e. The standard InChI is InChI=1S/C44H27N3O/c1-2-8-29(9-3-1)43-44(46-34-13-5-4-12-33(34)45-43)30-17-16-26-18-21-32(25-31(26)24-30)47-35-22-19-27-10-6-14-37-39(27)41(35)42-36(47)23-20-28-11-7-15-38(48-37)40(28)42/h1-25,43,45H. The van der Waals surface area contributed by atoms with E-state index in [9.17, 15) is 0 Å². The average molecular weight is 614 g/mol. The van der Waals surface area contributed by atoms with Crippen LogP contribution in [0.2, 0.25) is 0 Å². The van der Waals surface area contributed by atoms with Crippen molar-refractivity contribution in [2.75, 3.05) is 5.32 Å². The number of hydrogen-bond acceptors (Lipinski definition) is 3. The van der Waals surface area contributed by atoms with Gasteiger partial charge in [0.05, 0.1) is 34.2 Å². The molecule has 8 aromatic carbocycles. The molecule has 1 N–H and O–H groups in total. The number of para-hydroxylation sites is 2. The summed E-state index contributed by atoms with van der Waals surface area (Å²) < 4.78 is 9.05. The highest BCUT2D eigenvalue weighted by molar-refractivity contribution is 6.33. The van der Waals surface area contributed by atoms with E-state index in [-0.39, 0.29) is 6.04 Å². The van der Waals surface area contributed by atoms with Crippen LogP contribution in [-0.4, -0.2) is 10.3 Å². The van der Waals surface area contributed by atoms with E-state index in [0.717, 1.165) is 39.5 Å². The van der Waals surface area contributed by atoms with Crippen LogP contribution in [0.4, 0.5) is 11.4 Å². The highest BCUT2D eigenvalue weighted by Gasteiger charge is 2.26. The lowest BCUT2D eigenvalue weighted by molar-refractivity contribution is 0.664. The van der Waals surface area contributed by atoms with Crippen molar-refractivity contribution >= 4 is 82.4 Å². The fourth-order valence-corrected chi connectivity index (χ4v) is 8.01. The van der Waals surface area contributed by atoms with E-state index in [0.29, 0.717) is 0 Å². The molecule has 0 fully saturated rings. The summed E-state index contributed by atoms with van der Waals surface area (Å²) in [5, 5.41) is 13.3. The number of rotatable bonds is 3. The van der Waals surface area contributed by atoms with Gasteiger partial charge in [0, 0.05) is 27.2 Å². The Morgan fingerprint density at radius 1 is 0.521 bits per heavy atom. The second kappa shape index (κ2) is 9.57. The molecule has 1 aliphatic rings. The summed E-state index contributed by atoms with van der Waals surface area (Å²) in [6.07, 6.45) is 0. The fraction of sp³-hybridized carbons (Fsp3) is 0.0227. The molecule has 0 saturated carbocycles. The van der Waals surface area contributed by atoms with Gasteiger partial charge in [-0.2, -0.15) is 0 Å². The lowest BCUT2D eigenvalue weighted by Gasteiger charge is -2.28. The van der Waals surface area contributed by atoms with E-state index >= 15 is 0 Å². The lowest BCUT2D eigenvalue weighted by atomic mass is 9.93. The maximum absolute atomic E-state index is 6.63. The van der Waals surface area contributed by atoms with Crippen LogP contribution in [0.15, 0.2) is 161 Å². The van der Waals surface area contributed by atoms with Crippen molar-refractivity contribution in [2.24, 2.45) is 4.99 Å². The third kappa shape index (κ3) is 3.57. The molecular weight excluding hydrogens is 587 g/mol. The zero-order valence-corrected chi connectivity index (χ0v) is 25.8. The van der Waals surface area contributed by atoms with E-state index < -0.39 is 0 Å². The van der Waals surface area contributed by atoms with Crippen molar-refractivity contribution in [3.63, 3.8) is 0 Å². The molecule has 1 atom stereocenters. The van der Waals surface area contributed by atoms with Crippen LogP contribution in [0, 0.1) is 0 Å². The monoisotopic (exact) mass is 613 g/mol. The van der Waals surface area contributed by atoms with Crippen LogP contribution >= 0.6 is 0 Å². The van der Waals surface area contributed by atoms with Gasteiger partial charge >= 0.3 is 0 Å². The first-order valence-electron chi connectivity index (χ1n) is 16.4. The number of aliphatic imine (C=N–C) groups is 1. The van der Waals surface area contributed by atoms with Crippen molar-refractivity contribution in [2.45, 2.75) is 6.04 Å². The normalized spacial score (nSPS) is 14.8. The molecule has 1 unspecified atom stereocenters. The fourth-order valence-electron chi connectivity index (χ4n) is 8.01. The molecule has 0 bridgehead atoms. The molecule has 4 nitrogen and oxygen atoms in total. The second-order valence-electron chi connectivity index (χ2n) is 12.8. The van der Waals surface area contributed by atoms with Gasteiger partial charge in [-0.3, -0.25) is 0 Å². The van der Waals surface area contributed by atoms with Gasteiger partial charge in [0.25, 0.3) is 0 Å². The average Bonchev–Trinajstić information content (AvgIpc) is 3.40. The summed E-state index contributed by atoms with van der Waals surface area (Å²) in [6, 6.07) is 54.1. The maximum atomic E-state index is 6.63. The number of aromatic nitrogens is 1. The maximum Gasteiger partial charge on any atom is 0.135 e. The summed E-state index contributed by atoms with van der Waals surface area (Å²) >= 11 is 0. The minimum absolute atomic E-state index is 0.0585. The van der Waals surface area contributed by atoms with Gasteiger partial charge in [-0.25, -0.2) is 4.99 Å². The van der Waals surface area contributed by atoms with E-state index in [1.165, 1.54) is 59.7 Å². The van der Waals surface area contributed by atoms with E-state index in [1.54, 1.807) is 0 Å². The van der Waals surface area contributed by atoms with E-state index in [1.807, 2.05) is 6.07 Å². The van der Waals surface area contributed by atoms with E-state index in [4.69, 9.17) is 9.41 Å². The van der Waals surface area contributed by atoms with Crippen LogP contribution in [0.25, 0.3) is 71.0 Å². The van der Waals surface area contributed by atoms with Gasteiger partial charge in [0.2, 0.25) is 0 Å². The smallest absolute Gasteiger partial charge is 0.135 e. The van der Waals surface area contributed by atoms with E-state index in [2.05, 4.69) is 155 Å². The molecule has 3 heterocycles. The molecule has 4 heteroatoms. The van der Waals surface area contributed by atoms with Crippen molar-refractivity contribution in [3.05, 3.63) is 163 Å². The first kappa shape index (κ1) is 25.8. The Balaban J connectivity index is 1.16. The number of nitrogens with zero attached hydrogens (tertiary/aromatic N) is 2. The zero-order valence-electron chi connectivity index (χ0n) is 25.8. The predicted octanol–water partition coefficient (Wildman–Crippen LogP) is 11.7. The van der Waals surface area contributed by atoms with Crippen LogP contribution < -0.4 is 5.32 Å². The number of fused-ring (bicyclic) bond motifs is 2. The molecule has 0 saturated heterocycles. The predicted molar refractivity (Wildman–Crippen MR) is 200 cm³/mol. The first-order valence-corrected chi connectivity index (χ1v) is 16.4. The Kier molecular flexibility index (Phi) is 5.13. The quantitative estimate of drug-likeness (QED) is 0.215. The Labute approximate surface area is 275 Å². The van der Waals surface area contributed by atoms with Crippen LogP contribution in [0.3, 0.4) is 0 Å². The minimum Gasteiger partial charge on any atom is -0.456 e. The molecule has 48 heavy (non-hydrogen) atoms. The molecule has 2 aromatic heterocycles. The van der Waals surface area contributed by atoms with Gasteiger partial charge in [-0.15, -0.1) is 0 Å². The Morgan fingerprint density at radius 3 is 1.94 bits per heavy atom. The number of hydrogen-bond donors (Lipinski definition) is 1. The molecule has 10 aromatic rings. The third-order valence-electron chi connectivity index (χ3n) is 10.2. The van der Waals surface area contributed by atoms with Crippen LogP contribution in [-0.2, 0) is 0 Å². The zero-order chi connectivity index (χ0) is 31.3.